The SMILES string of the molecule is Cc1cc(C(=O)CCC(=O)N2CCOCC2CC(=O)O)c(C)s1. The maximum atomic E-state index is 12.3. The fourth-order valence-electron chi connectivity index (χ4n) is 2.76. The fraction of sp³-hybridized carbons (Fsp3) is 0.562. The first-order valence-corrected chi connectivity index (χ1v) is 8.39. The van der Waals surface area contributed by atoms with Crippen LogP contribution in [0.5, 0.6) is 0 Å². The molecule has 1 aliphatic rings. The molecule has 1 saturated heterocycles. The summed E-state index contributed by atoms with van der Waals surface area (Å²) in [4.78, 5) is 39.0. The Bertz CT molecular complexity index is 610. The highest BCUT2D eigenvalue weighted by Crippen LogP contribution is 2.22. The van der Waals surface area contributed by atoms with Crippen molar-refractivity contribution in [3.8, 4) is 0 Å². The van der Waals surface area contributed by atoms with Crippen molar-refractivity contribution < 1.29 is 24.2 Å². The Labute approximate surface area is 139 Å². The Morgan fingerprint density at radius 1 is 1.35 bits per heavy atom. The molecule has 0 aromatic carbocycles. The molecular weight excluding hydrogens is 318 g/mol. The van der Waals surface area contributed by atoms with Crippen LogP contribution in [0.1, 0.15) is 39.4 Å². The van der Waals surface area contributed by atoms with E-state index >= 15 is 0 Å². The van der Waals surface area contributed by atoms with Crippen molar-refractivity contribution in [2.24, 2.45) is 0 Å². The predicted octanol–water partition coefficient (Wildman–Crippen LogP) is 2.03. The minimum absolute atomic E-state index is 0.0387. The van der Waals surface area contributed by atoms with Gasteiger partial charge >= 0.3 is 5.97 Å². The van der Waals surface area contributed by atoms with Gasteiger partial charge in [-0.15, -0.1) is 11.3 Å². The summed E-state index contributed by atoms with van der Waals surface area (Å²) in [5.74, 6) is -1.18. The second-order valence-electron chi connectivity index (χ2n) is 5.66. The van der Waals surface area contributed by atoms with E-state index in [0.717, 1.165) is 9.75 Å². The Morgan fingerprint density at radius 3 is 2.70 bits per heavy atom. The molecule has 1 unspecified atom stereocenters. The molecule has 6 nitrogen and oxygen atoms in total. The second kappa shape index (κ2) is 7.70. The van der Waals surface area contributed by atoms with Gasteiger partial charge in [0.2, 0.25) is 5.91 Å². The molecule has 0 aliphatic carbocycles. The number of morpholine rings is 1. The Kier molecular flexibility index (Phi) is 5.90. The topological polar surface area (TPSA) is 83.9 Å². The number of amides is 1. The van der Waals surface area contributed by atoms with Crippen LogP contribution < -0.4 is 0 Å². The number of Topliss-reactive ketones (excluding diaryl/α,β-unsaturated/α-hetero) is 1. The van der Waals surface area contributed by atoms with E-state index in [2.05, 4.69) is 0 Å². The van der Waals surface area contributed by atoms with E-state index in [1.54, 1.807) is 11.3 Å². The average Bonchev–Trinajstić information content (AvgIpc) is 2.83. The van der Waals surface area contributed by atoms with Gasteiger partial charge in [-0.25, -0.2) is 0 Å². The van der Waals surface area contributed by atoms with Gasteiger partial charge in [0.15, 0.2) is 5.78 Å². The zero-order valence-corrected chi connectivity index (χ0v) is 14.1. The largest absolute Gasteiger partial charge is 0.481 e. The number of aryl methyl sites for hydroxylation is 2. The summed E-state index contributed by atoms with van der Waals surface area (Å²) in [6.45, 7) is 4.86. The Morgan fingerprint density at radius 2 is 2.09 bits per heavy atom. The molecule has 7 heteroatoms. The molecule has 0 radical (unpaired) electrons. The van der Waals surface area contributed by atoms with Gasteiger partial charge < -0.3 is 14.7 Å². The molecule has 1 aromatic rings. The quantitative estimate of drug-likeness (QED) is 0.802. The molecule has 0 spiro atoms. The van der Waals surface area contributed by atoms with E-state index in [0.29, 0.717) is 18.7 Å². The number of thiophene rings is 1. The zero-order valence-electron chi connectivity index (χ0n) is 13.3. The van der Waals surface area contributed by atoms with Crippen molar-refractivity contribution in [3.63, 3.8) is 0 Å². The summed E-state index contributed by atoms with van der Waals surface area (Å²) in [6.07, 6.45) is 0.110. The van der Waals surface area contributed by atoms with Gasteiger partial charge in [-0.05, 0) is 19.9 Å². The van der Waals surface area contributed by atoms with Gasteiger partial charge in [0.1, 0.15) is 0 Å². The van der Waals surface area contributed by atoms with Crippen molar-refractivity contribution in [3.05, 3.63) is 21.4 Å². The van der Waals surface area contributed by atoms with E-state index < -0.39 is 12.0 Å². The number of carboxylic acids is 1. The number of hydrogen-bond acceptors (Lipinski definition) is 5. The highest BCUT2D eigenvalue weighted by molar-refractivity contribution is 7.12. The van der Waals surface area contributed by atoms with Crippen molar-refractivity contribution in [2.45, 2.75) is 39.2 Å². The third kappa shape index (κ3) is 4.62. The number of aliphatic carboxylic acids is 1. The predicted molar refractivity (Wildman–Crippen MR) is 85.9 cm³/mol. The molecule has 2 rings (SSSR count). The average molecular weight is 339 g/mol. The van der Waals surface area contributed by atoms with E-state index in [4.69, 9.17) is 9.84 Å². The van der Waals surface area contributed by atoms with Crippen LogP contribution in [0.3, 0.4) is 0 Å². The summed E-state index contributed by atoms with van der Waals surface area (Å²) >= 11 is 1.57. The number of ketones is 1. The Balaban J connectivity index is 1.93. The molecule has 1 N–H and O–H groups in total. The minimum Gasteiger partial charge on any atom is -0.481 e. The second-order valence-corrected chi connectivity index (χ2v) is 7.12. The molecule has 0 saturated carbocycles. The molecule has 0 bridgehead atoms. The van der Waals surface area contributed by atoms with Crippen molar-refractivity contribution >= 4 is 29.0 Å². The normalized spacial score (nSPS) is 18.0. The summed E-state index contributed by atoms with van der Waals surface area (Å²) in [6, 6.07) is 1.41. The first-order chi connectivity index (χ1) is 10.9. The van der Waals surface area contributed by atoms with Gasteiger partial charge in [-0.2, -0.15) is 0 Å². The minimum atomic E-state index is -0.959. The monoisotopic (exact) mass is 339 g/mol. The number of nitrogens with zero attached hydrogens (tertiary/aromatic N) is 1. The van der Waals surface area contributed by atoms with Crippen LogP contribution in [0, 0.1) is 13.8 Å². The van der Waals surface area contributed by atoms with Crippen LogP contribution in [0.25, 0.3) is 0 Å². The molecule has 1 amide bonds. The lowest BCUT2D eigenvalue weighted by atomic mass is 10.1. The summed E-state index contributed by atoms with van der Waals surface area (Å²) in [5.41, 5.74) is 0.685. The smallest absolute Gasteiger partial charge is 0.305 e. The number of carbonyl (C=O) groups excluding carboxylic acids is 2. The lowest BCUT2D eigenvalue weighted by molar-refractivity contribution is -0.146. The van der Waals surface area contributed by atoms with Crippen LogP contribution in [-0.4, -0.2) is 53.5 Å². The maximum absolute atomic E-state index is 12.3. The number of carboxylic acid groups (broad SMARTS) is 1. The van der Waals surface area contributed by atoms with E-state index in [1.807, 2.05) is 19.9 Å². The van der Waals surface area contributed by atoms with Gasteiger partial charge in [-0.3, -0.25) is 14.4 Å². The first kappa shape index (κ1) is 17.6. The van der Waals surface area contributed by atoms with Gasteiger partial charge in [-0.1, -0.05) is 0 Å². The number of hydrogen-bond donors (Lipinski definition) is 1. The van der Waals surface area contributed by atoms with E-state index in [9.17, 15) is 14.4 Å². The third-order valence-corrected chi connectivity index (χ3v) is 4.83. The van der Waals surface area contributed by atoms with Crippen molar-refractivity contribution in [1.29, 1.82) is 0 Å². The molecule has 1 aromatic heterocycles. The van der Waals surface area contributed by atoms with Crippen LogP contribution in [0.15, 0.2) is 6.07 Å². The molecule has 2 heterocycles. The highest BCUT2D eigenvalue weighted by Gasteiger charge is 2.29. The standard InChI is InChI=1S/C16H21NO5S/c1-10-7-13(11(2)23-10)14(18)3-4-15(19)17-5-6-22-9-12(17)8-16(20)21/h7,12H,3-6,8-9H2,1-2H3,(H,20,21). The molecule has 23 heavy (non-hydrogen) atoms. The van der Waals surface area contributed by atoms with E-state index in [1.165, 1.54) is 4.90 Å². The molecular formula is C16H21NO5S. The molecule has 1 aliphatic heterocycles. The molecule has 126 valence electrons. The molecule has 1 atom stereocenters. The van der Waals surface area contributed by atoms with Crippen LogP contribution in [0.4, 0.5) is 0 Å². The lowest BCUT2D eigenvalue weighted by Crippen LogP contribution is -2.49. The van der Waals surface area contributed by atoms with Crippen molar-refractivity contribution in [2.75, 3.05) is 19.8 Å². The molecule has 1 fully saturated rings. The van der Waals surface area contributed by atoms with E-state index in [-0.39, 0.29) is 37.6 Å². The van der Waals surface area contributed by atoms with Gasteiger partial charge in [0, 0.05) is 34.7 Å². The maximum Gasteiger partial charge on any atom is 0.305 e. The van der Waals surface area contributed by atoms with Crippen LogP contribution in [0.2, 0.25) is 0 Å². The van der Waals surface area contributed by atoms with Crippen molar-refractivity contribution in [1.82, 2.24) is 4.90 Å². The first-order valence-electron chi connectivity index (χ1n) is 7.57. The zero-order chi connectivity index (χ0) is 17.0. The Hall–Kier alpha value is -1.73. The summed E-state index contributed by atoms with van der Waals surface area (Å²) < 4.78 is 5.25. The fourth-order valence-corrected chi connectivity index (χ4v) is 3.70. The van der Waals surface area contributed by atoms with Crippen LogP contribution >= 0.6 is 11.3 Å². The number of carbonyl (C=O) groups is 3. The number of ether oxygens (including phenoxy) is 1. The number of rotatable bonds is 6. The lowest BCUT2D eigenvalue weighted by Gasteiger charge is -2.34. The summed E-state index contributed by atoms with van der Waals surface area (Å²) in [7, 11) is 0. The van der Waals surface area contributed by atoms with Gasteiger partial charge in [0.25, 0.3) is 0 Å². The van der Waals surface area contributed by atoms with Crippen LogP contribution in [-0.2, 0) is 14.3 Å². The summed E-state index contributed by atoms with van der Waals surface area (Å²) in [5, 5.41) is 8.92. The van der Waals surface area contributed by atoms with Gasteiger partial charge in [0.05, 0.1) is 25.7 Å². The third-order valence-electron chi connectivity index (χ3n) is 3.87. The highest BCUT2D eigenvalue weighted by atomic mass is 32.1.